The van der Waals surface area contributed by atoms with Crippen molar-refractivity contribution < 1.29 is 18.7 Å². The molecule has 0 aliphatic rings. The van der Waals surface area contributed by atoms with Crippen molar-refractivity contribution in [2.45, 2.75) is 45.6 Å². The van der Waals surface area contributed by atoms with E-state index in [1.165, 1.54) is 12.1 Å². The Bertz CT molecular complexity index is 757. The quantitative estimate of drug-likeness (QED) is 0.656. The molecule has 0 saturated carbocycles. The normalized spacial score (nSPS) is 10.7. The predicted molar refractivity (Wildman–Crippen MR) is 103 cm³/mol. The van der Waals surface area contributed by atoms with E-state index in [9.17, 15) is 14.0 Å². The van der Waals surface area contributed by atoms with Crippen LogP contribution < -0.4 is 5.32 Å². The molecular weight excluding hydrogens is 345 g/mol. The second-order valence-corrected chi connectivity index (χ2v) is 6.44. The number of hydrogen-bond acceptors (Lipinski definition) is 3. The zero-order valence-electron chi connectivity index (χ0n) is 15.8. The highest BCUT2D eigenvalue weighted by Crippen LogP contribution is 2.24. The summed E-state index contributed by atoms with van der Waals surface area (Å²) in [6, 6.07) is 13.8. The van der Waals surface area contributed by atoms with Crippen LogP contribution in [0.3, 0.4) is 0 Å². The summed E-state index contributed by atoms with van der Waals surface area (Å²) in [5.74, 6) is -0.985. The first-order valence-electron chi connectivity index (χ1n) is 9.31. The fourth-order valence-corrected chi connectivity index (χ4v) is 2.93. The lowest BCUT2D eigenvalue weighted by atomic mass is 9.92. The Morgan fingerprint density at radius 1 is 1.07 bits per heavy atom. The first-order chi connectivity index (χ1) is 13.0. The molecule has 1 N–H and O–H groups in total. The first kappa shape index (κ1) is 20.6. The maximum absolute atomic E-state index is 13.9. The number of rotatable bonds is 9. The van der Waals surface area contributed by atoms with Crippen LogP contribution in [0.4, 0.5) is 4.39 Å². The van der Waals surface area contributed by atoms with Crippen molar-refractivity contribution in [2.24, 2.45) is 0 Å². The molecule has 0 radical (unpaired) electrons. The molecule has 0 atom stereocenters. The molecule has 27 heavy (non-hydrogen) atoms. The van der Waals surface area contributed by atoms with Crippen molar-refractivity contribution in [2.75, 3.05) is 6.54 Å². The molecule has 5 heteroatoms. The Kier molecular flexibility index (Phi) is 7.99. The molecule has 4 nitrogen and oxygen atoms in total. The van der Waals surface area contributed by atoms with Crippen LogP contribution in [0.2, 0.25) is 0 Å². The summed E-state index contributed by atoms with van der Waals surface area (Å²) in [5, 5.41) is 2.65. The van der Waals surface area contributed by atoms with E-state index in [2.05, 4.69) is 5.32 Å². The van der Waals surface area contributed by atoms with Crippen molar-refractivity contribution in [3.63, 3.8) is 0 Å². The number of hydrogen-bond donors (Lipinski definition) is 1. The number of benzene rings is 2. The SMILES string of the molecule is CCC(CC)c1cc(F)cc(C(=O)NCCC(=O)OCc2ccccc2)c1. The molecule has 1 amide bonds. The monoisotopic (exact) mass is 371 g/mol. The second-order valence-electron chi connectivity index (χ2n) is 6.44. The van der Waals surface area contributed by atoms with Gasteiger partial charge in [0.05, 0.1) is 6.42 Å². The van der Waals surface area contributed by atoms with Crippen LogP contribution >= 0.6 is 0 Å². The maximum Gasteiger partial charge on any atom is 0.307 e. The van der Waals surface area contributed by atoms with Gasteiger partial charge in [-0.05, 0) is 48.1 Å². The van der Waals surface area contributed by atoms with E-state index in [0.29, 0.717) is 0 Å². The predicted octanol–water partition coefficient (Wildman–Crippen LogP) is 4.59. The van der Waals surface area contributed by atoms with Gasteiger partial charge in [-0.3, -0.25) is 9.59 Å². The van der Waals surface area contributed by atoms with Gasteiger partial charge >= 0.3 is 5.97 Å². The molecule has 0 spiro atoms. The van der Waals surface area contributed by atoms with E-state index in [1.807, 2.05) is 44.2 Å². The van der Waals surface area contributed by atoms with E-state index in [-0.39, 0.29) is 31.1 Å². The van der Waals surface area contributed by atoms with E-state index in [1.54, 1.807) is 6.07 Å². The zero-order valence-corrected chi connectivity index (χ0v) is 15.8. The smallest absolute Gasteiger partial charge is 0.307 e. The van der Waals surface area contributed by atoms with Gasteiger partial charge in [0.1, 0.15) is 12.4 Å². The number of nitrogens with one attached hydrogen (secondary N) is 1. The third kappa shape index (κ3) is 6.51. The Morgan fingerprint density at radius 2 is 1.78 bits per heavy atom. The number of esters is 1. The summed E-state index contributed by atoms with van der Waals surface area (Å²) in [6.45, 7) is 4.43. The first-order valence-corrected chi connectivity index (χ1v) is 9.31. The van der Waals surface area contributed by atoms with E-state index >= 15 is 0 Å². The van der Waals surface area contributed by atoms with Crippen LogP contribution in [0.15, 0.2) is 48.5 Å². The zero-order chi connectivity index (χ0) is 19.6. The minimum atomic E-state index is -0.424. The van der Waals surface area contributed by atoms with Crippen LogP contribution in [-0.2, 0) is 16.1 Å². The molecule has 0 aromatic heterocycles. The Labute approximate surface area is 159 Å². The summed E-state index contributed by atoms with van der Waals surface area (Å²) < 4.78 is 19.0. The number of halogens is 1. The van der Waals surface area contributed by atoms with Gasteiger partial charge in [0.25, 0.3) is 5.91 Å². The molecule has 0 heterocycles. The number of carbonyl (C=O) groups excluding carboxylic acids is 2. The molecular formula is C22H26FNO3. The summed E-state index contributed by atoms with van der Waals surface area (Å²) >= 11 is 0. The molecule has 0 bridgehead atoms. The lowest BCUT2D eigenvalue weighted by Crippen LogP contribution is -2.26. The Balaban J connectivity index is 1.84. The van der Waals surface area contributed by atoms with Crippen molar-refractivity contribution in [3.8, 4) is 0 Å². The molecule has 0 unspecified atom stereocenters. The van der Waals surface area contributed by atoms with E-state index < -0.39 is 17.7 Å². The highest BCUT2D eigenvalue weighted by molar-refractivity contribution is 5.94. The van der Waals surface area contributed by atoms with Crippen LogP contribution in [0.1, 0.15) is 60.5 Å². The second kappa shape index (κ2) is 10.5. The van der Waals surface area contributed by atoms with Gasteiger partial charge < -0.3 is 10.1 Å². The van der Waals surface area contributed by atoms with Crippen LogP contribution in [0.25, 0.3) is 0 Å². The third-order valence-electron chi connectivity index (χ3n) is 4.50. The molecule has 2 rings (SSSR count). The molecule has 2 aromatic rings. The summed E-state index contributed by atoms with van der Waals surface area (Å²) in [6.07, 6.45) is 1.83. The van der Waals surface area contributed by atoms with Gasteiger partial charge in [-0.1, -0.05) is 44.2 Å². The topological polar surface area (TPSA) is 55.4 Å². The fraction of sp³-hybridized carbons (Fsp3) is 0.364. The minimum absolute atomic E-state index is 0.0628. The maximum atomic E-state index is 13.9. The van der Waals surface area contributed by atoms with Crippen molar-refractivity contribution in [3.05, 3.63) is 71.0 Å². The van der Waals surface area contributed by atoms with Crippen molar-refractivity contribution >= 4 is 11.9 Å². The number of amides is 1. The van der Waals surface area contributed by atoms with Gasteiger partial charge in [-0.2, -0.15) is 0 Å². The number of carbonyl (C=O) groups is 2. The minimum Gasteiger partial charge on any atom is -0.461 e. The fourth-order valence-electron chi connectivity index (χ4n) is 2.93. The summed E-state index contributed by atoms with van der Waals surface area (Å²) in [4.78, 5) is 24.1. The van der Waals surface area contributed by atoms with Gasteiger partial charge in [-0.25, -0.2) is 4.39 Å². The third-order valence-corrected chi connectivity index (χ3v) is 4.50. The van der Waals surface area contributed by atoms with Gasteiger partial charge in [0.2, 0.25) is 0 Å². The Morgan fingerprint density at radius 3 is 2.44 bits per heavy atom. The highest BCUT2D eigenvalue weighted by atomic mass is 19.1. The molecule has 0 saturated heterocycles. The average molecular weight is 371 g/mol. The van der Waals surface area contributed by atoms with Crippen LogP contribution in [-0.4, -0.2) is 18.4 Å². The largest absolute Gasteiger partial charge is 0.461 e. The summed E-state index contributed by atoms with van der Waals surface area (Å²) in [7, 11) is 0. The molecule has 0 fully saturated rings. The Hall–Kier alpha value is -2.69. The van der Waals surface area contributed by atoms with E-state index in [4.69, 9.17) is 4.74 Å². The lowest BCUT2D eigenvalue weighted by Gasteiger charge is -2.14. The van der Waals surface area contributed by atoms with Crippen molar-refractivity contribution in [1.29, 1.82) is 0 Å². The van der Waals surface area contributed by atoms with E-state index in [0.717, 1.165) is 24.0 Å². The molecule has 0 aliphatic heterocycles. The average Bonchev–Trinajstić information content (AvgIpc) is 2.67. The molecule has 144 valence electrons. The van der Waals surface area contributed by atoms with Crippen molar-refractivity contribution in [1.82, 2.24) is 5.32 Å². The van der Waals surface area contributed by atoms with Crippen LogP contribution in [0.5, 0.6) is 0 Å². The lowest BCUT2D eigenvalue weighted by molar-refractivity contribution is -0.144. The molecule has 0 aliphatic carbocycles. The van der Waals surface area contributed by atoms with Gasteiger partial charge in [0.15, 0.2) is 0 Å². The van der Waals surface area contributed by atoms with Crippen LogP contribution in [0, 0.1) is 5.82 Å². The standard InChI is InChI=1S/C22H26FNO3/c1-3-17(4-2)18-12-19(14-20(23)13-18)22(26)24-11-10-21(25)27-15-16-8-6-5-7-9-16/h5-9,12-14,17H,3-4,10-11,15H2,1-2H3,(H,24,26). The highest BCUT2D eigenvalue weighted by Gasteiger charge is 2.14. The molecule has 2 aromatic carbocycles. The van der Waals surface area contributed by atoms with Gasteiger partial charge in [0, 0.05) is 12.1 Å². The summed E-state index contributed by atoms with van der Waals surface area (Å²) in [5.41, 5.74) is 2.01. The number of ether oxygens (including phenoxy) is 1. The van der Waals surface area contributed by atoms with Gasteiger partial charge in [-0.15, -0.1) is 0 Å².